The molecule has 522 valence electrons. The molecule has 23 atom stereocenters. The van der Waals surface area contributed by atoms with Crippen molar-refractivity contribution < 1.29 is 0 Å². The quantitative estimate of drug-likeness (QED) is 0.212. The average molecular weight is 1270 g/mol. The van der Waals surface area contributed by atoms with E-state index >= 15 is 0 Å². The van der Waals surface area contributed by atoms with E-state index in [0.717, 1.165) is 197 Å². The summed E-state index contributed by atoms with van der Waals surface area (Å²) in [4.78, 5) is 7.94. The monoisotopic (exact) mass is 1270 g/mol. The first-order valence-electron chi connectivity index (χ1n) is 45.3. The van der Waals surface area contributed by atoms with Crippen molar-refractivity contribution in [2.45, 2.75) is 421 Å². The van der Waals surface area contributed by atoms with E-state index in [1.807, 2.05) is 0 Å². The summed E-state index contributed by atoms with van der Waals surface area (Å²) in [5.74, 6) is 27.1. The Morgan fingerprint density at radius 2 is 0.591 bits per heavy atom. The van der Waals surface area contributed by atoms with Gasteiger partial charge in [-0.2, -0.15) is 0 Å². The van der Waals surface area contributed by atoms with Crippen LogP contribution < -0.4 is 0 Å². The fourth-order valence-electron chi connectivity index (χ4n) is 34.5. The van der Waals surface area contributed by atoms with Crippen molar-refractivity contribution >= 4 is 6.71 Å². The first-order valence-corrected chi connectivity index (χ1v) is 45.3. The predicted molar refractivity (Wildman–Crippen MR) is 392 cm³/mol. The lowest BCUT2D eigenvalue weighted by atomic mass is 9.18. The molecule has 0 aromatic rings. The van der Waals surface area contributed by atoms with Crippen LogP contribution in [0.1, 0.15) is 367 Å². The molecule has 0 aromatic heterocycles. The highest BCUT2D eigenvalue weighted by molar-refractivity contribution is 6.65. The van der Waals surface area contributed by atoms with E-state index in [9.17, 15) is 0 Å². The summed E-state index contributed by atoms with van der Waals surface area (Å²) in [6.45, 7) is 8.96. The van der Waals surface area contributed by atoms with E-state index < -0.39 is 0 Å². The maximum absolute atomic E-state index is 4.01. The van der Waals surface area contributed by atoms with E-state index in [2.05, 4.69) is 30.6 Å². The molecule has 0 bridgehead atoms. The third-order valence-corrected chi connectivity index (χ3v) is 37.7. The number of hydrogen-bond donors (Lipinski definition) is 0. The summed E-state index contributed by atoms with van der Waals surface area (Å²) < 4.78 is 0. The molecule has 2 saturated heterocycles. The second-order valence-corrected chi connectivity index (χ2v) is 41.8. The Bertz CT molecular complexity index is 2350. The molecule has 3 heteroatoms. The molecule has 2 nitrogen and oxygen atoms in total. The Kier molecular flexibility index (Phi) is 19.6. The molecule has 2 aliphatic heterocycles. The lowest BCUT2D eigenvalue weighted by Crippen LogP contribution is -2.77. The van der Waals surface area contributed by atoms with Crippen molar-refractivity contribution in [2.75, 3.05) is 0 Å². The van der Waals surface area contributed by atoms with E-state index in [1.54, 1.807) is 347 Å². The molecular weight excluding hydrogens is 1120 g/mol. The van der Waals surface area contributed by atoms with Gasteiger partial charge in [0.15, 0.2) is 6.71 Å². The fourth-order valence-corrected chi connectivity index (χ4v) is 34.5. The molecule has 0 spiro atoms. The highest BCUT2D eigenvalue weighted by atomic mass is 15.3. The molecule has 0 N–H and O–H groups in total. The van der Waals surface area contributed by atoms with Crippen molar-refractivity contribution in [1.29, 1.82) is 0 Å². The second kappa shape index (κ2) is 28.0. The van der Waals surface area contributed by atoms with Gasteiger partial charge in [-0.05, 0) is 275 Å². The average Bonchev–Trinajstić information content (AvgIpc) is 0.696. The molecule has 18 rings (SSSR count). The number of fused-ring (bicyclic) bond motifs is 6. The van der Waals surface area contributed by atoms with Gasteiger partial charge in [-0.1, -0.05) is 252 Å². The zero-order chi connectivity index (χ0) is 61.9. The standard InChI is InChI=1S/C90H149BN2/c1-90(2,3)70-48-44-59(45-49-70)69-56-83-87-84(57-69)93(89-73(62-30-15-7-16-31-62)39-23-40-74(89)63-32-17-8-18-33-63)82-55-66(68-52-67-36-21-42-76-75-41-19-34-64-35-20-43-77(85(64)75)78(53-68)86(67)76)46-50-79(82)91(87)80-54-65(58-24-9-4-10-25-58)47-51-81(80)92(83)88-71(60-26-11-5-12-27-60)37-22-38-72(88)61-28-13-6-14-29-61/h58-89H,4-57H2,1-3H3. The molecule has 2 heterocycles. The molecule has 23 unspecified atom stereocenters. The van der Waals surface area contributed by atoms with Crippen molar-refractivity contribution in [3.8, 4) is 0 Å². The van der Waals surface area contributed by atoms with Crippen LogP contribution in [0.2, 0.25) is 17.5 Å². The Labute approximate surface area is 575 Å². The first-order chi connectivity index (χ1) is 45.8. The SMILES string of the molecule is CC(C)(C)C1CCC(C2CC3C4B(C5CC(C6CCCCC6)CCC5N3C3C(C5CCCCC5)CCCC3C3CCCCC3)C3CCC(C5CC6CCCC7C8CCCC9CCCC(C(C5)C67)C98)CC3N(C3C(C5CCCCC5)CCCC3C3CCCCC3)C4C2)CC1. The Balaban J connectivity index is 0.792. The van der Waals surface area contributed by atoms with Crippen LogP contribution >= 0.6 is 0 Å². The smallest absolute Gasteiger partial charge is 0.156 e. The van der Waals surface area contributed by atoms with Gasteiger partial charge in [-0.3, -0.25) is 9.80 Å². The van der Waals surface area contributed by atoms with Crippen LogP contribution in [0, 0.1) is 142 Å². The maximum Gasteiger partial charge on any atom is 0.156 e. The summed E-state index contributed by atoms with van der Waals surface area (Å²) in [7, 11) is 0. The maximum atomic E-state index is 4.01. The topological polar surface area (TPSA) is 6.48 Å². The minimum Gasteiger partial charge on any atom is -0.295 e. The van der Waals surface area contributed by atoms with E-state index in [-0.39, 0.29) is 0 Å². The summed E-state index contributed by atoms with van der Waals surface area (Å²) in [6, 6.07) is 5.37. The van der Waals surface area contributed by atoms with Crippen LogP contribution in [-0.2, 0) is 0 Å². The Morgan fingerprint density at radius 1 is 0.226 bits per heavy atom. The zero-order valence-corrected chi connectivity index (χ0v) is 61.6. The third-order valence-electron chi connectivity index (χ3n) is 37.7. The van der Waals surface area contributed by atoms with Crippen molar-refractivity contribution in [2.24, 2.45) is 142 Å². The molecule has 0 aromatic carbocycles. The molecule has 18 aliphatic rings. The molecule has 16 saturated carbocycles. The van der Waals surface area contributed by atoms with E-state index in [4.69, 9.17) is 0 Å². The van der Waals surface area contributed by atoms with E-state index in [0.29, 0.717) is 5.41 Å². The number of nitrogens with zero attached hydrogens (tertiary/aromatic N) is 2. The van der Waals surface area contributed by atoms with Gasteiger partial charge < -0.3 is 0 Å². The van der Waals surface area contributed by atoms with Gasteiger partial charge in [-0.25, -0.2) is 0 Å². The van der Waals surface area contributed by atoms with Crippen LogP contribution in [-0.4, -0.2) is 52.8 Å². The molecule has 16 aliphatic carbocycles. The fraction of sp³-hybridized carbons (Fsp3) is 1.00. The van der Waals surface area contributed by atoms with Crippen LogP contribution in [0.5, 0.6) is 0 Å². The summed E-state index contributed by atoms with van der Waals surface area (Å²) >= 11 is 0. The predicted octanol–water partition coefficient (Wildman–Crippen LogP) is 24.9. The largest absolute Gasteiger partial charge is 0.295 e. The van der Waals surface area contributed by atoms with Gasteiger partial charge in [0.1, 0.15) is 0 Å². The highest BCUT2D eigenvalue weighted by Crippen LogP contribution is 2.71. The van der Waals surface area contributed by atoms with Gasteiger partial charge in [-0.15, -0.1) is 0 Å². The number of rotatable bonds is 9. The Hall–Kier alpha value is -0.0151. The first kappa shape index (κ1) is 65.0. The minimum atomic E-state index is 0.465. The molecule has 0 amide bonds. The van der Waals surface area contributed by atoms with Crippen molar-refractivity contribution in [3.63, 3.8) is 0 Å². The van der Waals surface area contributed by atoms with Crippen LogP contribution in [0.15, 0.2) is 0 Å². The third kappa shape index (κ3) is 12.1. The van der Waals surface area contributed by atoms with Gasteiger partial charge in [0.2, 0.25) is 0 Å². The van der Waals surface area contributed by atoms with E-state index in [1.165, 1.54) is 0 Å². The van der Waals surface area contributed by atoms with Gasteiger partial charge in [0.05, 0.1) is 0 Å². The van der Waals surface area contributed by atoms with Gasteiger partial charge in [0, 0.05) is 36.3 Å². The summed E-state index contributed by atoms with van der Waals surface area (Å²) in [6.07, 6.45) is 86.5. The zero-order valence-electron chi connectivity index (χ0n) is 61.6. The van der Waals surface area contributed by atoms with Crippen molar-refractivity contribution in [3.05, 3.63) is 0 Å². The highest BCUT2D eigenvalue weighted by Gasteiger charge is 2.69. The molecule has 93 heavy (non-hydrogen) atoms. The minimum absolute atomic E-state index is 0.465. The van der Waals surface area contributed by atoms with Gasteiger partial charge >= 0.3 is 0 Å². The lowest BCUT2D eigenvalue weighted by Gasteiger charge is -2.72. The van der Waals surface area contributed by atoms with Crippen LogP contribution in [0.25, 0.3) is 0 Å². The normalized spacial score (nSPS) is 50.4. The number of hydrogen-bond acceptors (Lipinski definition) is 2. The summed E-state index contributed by atoms with van der Waals surface area (Å²) in [5.41, 5.74) is 0.465. The van der Waals surface area contributed by atoms with Crippen molar-refractivity contribution in [1.82, 2.24) is 9.80 Å². The lowest BCUT2D eigenvalue weighted by molar-refractivity contribution is -0.155. The molecule has 0 radical (unpaired) electrons. The molecule has 18 fully saturated rings. The second-order valence-electron chi connectivity index (χ2n) is 41.8. The van der Waals surface area contributed by atoms with Gasteiger partial charge in [0.25, 0.3) is 0 Å². The van der Waals surface area contributed by atoms with Crippen LogP contribution in [0.4, 0.5) is 0 Å². The Morgan fingerprint density at radius 3 is 1.10 bits per heavy atom. The molecular formula is C90H149BN2. The van der Waals surface area contributed by atoms with Crippen LogP contribution in [0.3, 0.4) is 0 Å². The summed E-state index contributed by atoms with van der Waals surface area (Å²) in [5, 5.41) is 0.